The number of nitrogens with zero attached hydrogens (tertiary/aromatic N) is 2. The molecule has 14 heavy (non-hydrogen) atoms. The molecular weight excluding hydrogens is 184 g/mol. The van der Waals surface area contributed by atoms with Crippen LogP contribution >= 0.6 is 0 Å². The highest BCUT2D eigenvalue weighted by Gasteiger charge is 2.17. The molecule has 0 unspecified atom stereocenters. The zero-order valence-electron chi connectivity index (χ0n) is 8.52. The maximum absolute atomic E-state index is 10.9. The summed E-state index contributed by atoms with van der Waals surface area (Å²) in [5.74, 6) is -0.430. The molecule has 0 saturated carbocycles. The number of methoxy groups -OCH3 is 1. The molecular formula is C9H14N2O3. The number of carbonyl (C=O) groups is 1. The van der Waals surface area contributed by atoms with Crippen molar-refractivity contribution in [3.8, 4) is 0 Å². The van der Waals surface area contributed by atoms with Gasteiger partial charge in [0.15, 0.2) is 0 Å². The number of aliphatic hydroxyl groups excluding tert-OH is 1. The Hall–Kier alpha value is -1.36. The first-order valence-electron chi connectivity index (χ1n) is 4.29. The molecule has 1 rings (SSSR count). The lowest BCUT2D eigenvalue weighted by Crippen LogP contribution is -2.08. The van der Waals surface area contributed by atoms with Crippen molar-refractivity contribution in [2.45, 2.75) is 19.4 Å². The van der Waals surface area contributed by atoms with Crippen LogP contribution in [-0.2, 0) is 16.6 Å². The molecule has 78 valence electrons. The third kappa shape index (κ3) is 2.32. The van der Waals surface area contributed by atoms with Gasteiger partial charge in [-0.25, -0.2) is 0 Å². The Morgan fingerprint density at radius 1 is 1.79 bits per heavy atom. The average Bonchev–Trinajstić information content (AvgIpc) is 2.45. The minimum absolute atomic E-state index is 0.0387. The van der Waals surface area contributed by atoms with Crippen molar-refractivity contribution in [3.05, 3.63) is 17.5 Å². The van der Waals surface area contributed by atoms with Gasteiger partial charge in [0.05, 0.1) is 25.3 Å². The number of hydrogen-bond donors (Lipinski definition) is 1. The van der Waals surface area contributed by atoms with Crippen LogP contribution in [0.3, 0.4) is 0 Å². The van der Waals surface area contributed by atoms with E-state index in [0.29, 0.717) is 5.56 Å². The van der Waals surface area contributed by atoms with E-state index in [4.69, 9.17) is 0 Å². The van der Waals surface area contributed by atoms with Gasteiger partial charge in [0, 0.05) is 18.8 Å². The minimum Gasteiger partial charge on any atom is -0.469 e. The van der Waals surface area contributed by atoms with Crippen LogP contribution in [0.2, 0.25) is 0 Å². The van der Waals surface area contributed by atoms with Crippen LogP contribution in [0.1, 0.15) is 23.8 Å². The average molecular weight is 198 g/mol. The third-order valence-corrected chi connectivity index (χ3v) is 2.00. The molecule has 1 N–H and O–H groups in total. The van der Waals surface area contributed by atoms with E-state index >= 15 is 0 Å². The first-order valence-corrected chi connectivity index (χ1v) is 4.29. The lowest BCUT2D eigenvalue weighted by atomic mass is 10.1. The number of esters is 1. The predicted molar refractivity (Wildman–Crippen MR) is 49.5 cm³/mol. The van der Waals surface area contributed by atoms with Gasteiger partial charge < -0.3 is 9.84 Å². The fourth-order valence-corrected chi connectivity index (χ4v) is 1.30. The van der Waals surface area contributed by atoms with Crippen molar-refractivity contribution in [1.82, 2.24) is 9.78 Å². The second-order valence-corrected chi connectivity index (χ2v) is 3.14. The molecule has 0 aromatic carbocycles. The smallest absolute Gasteiger partial charge is 0.308 e. The number of aliphatic hydroxyl groups is 1. The van der Waals surface area contributed by atoms with Crippen molar-refractivity contribution in [3.63, 3.8) is 0 Å². The van der Waals surface area contributed by atoms with E-state index in [1.165, 1.54) is 7.11 Å². The Kier molecular flexibility index (Phi) is 3.24. The fourth-order valence-electron chi connectivity index (χ4n) is 1.30. The van der Waals surface area contributed by atoms with Gasteiger partial charge in [-0.2, -0.15) is 5.10 Å². The van der Waals surface area contributed by atoms with Crippen molar-refractivity contribution in [2.24, 2.45) is 7.05 Å². The van der Waals surface area contributed by atoms with Crippen molar-refractivity contribution < 1.29 is 14.6 Å². The topological polar surface area (TPSA) is 64.3 Å². The molecule has 0 radical (unpaired) electrons. The van der Waals surface area contributed by atoms with Gasteiger partial charge in [0.25, 0.3) is 0 Å². The summed E-state index contributed by atoms with van der Waals surface area (Å²) >= 11 is 0. The molecule has 5 heteroatoms. The molecule has 0 spiro atoms. The van der Waals surface area contributed by atoms with Crippen LogP contribution in [0.4, 0.5) is 0 Å². The zero-order chi connectivity index (χ0) is 10.7. The van der Waals surface area contributed by atoms with Crippen molar-refractivity contribution in [2.75, 3.05) is 7.11 Å². The van der Waals surface area contributed by atoms with E-state index in [9.17, 15) is 9.90 Å². The van der Waals surface area contributed by atoms with Crippen LogP contribution in [0, 0.1) is 6.92 Å². The number of ether oxygens (including phenoxy) is 1. The Bertz CT molecular complexity index is 333. The molecule has 1 heterocycles. The molecule has 1 aromatic rings. The van der Waals surface area contributed by atoms with E-state index in [1.807, 2.05) is 0 Å². The minimum atomic E-state index is -0.837. The van der Waals surface area contributed by atoms with Crippen molar-refractivity contribution in [1.29, 1.82) is 0 Å². The lowest BCUT2D eigenvalue weighted by molar-refractivity contribution is -0.142. The number of carbonyl (C=O) groups excluding carboxylic acids is 1. The zero-order valence-corrected chi connectivity index (χ0v) is 8.52. The molecule has 0 saturated heterocycles. The number of aryl methyl sites for hydroxylation is 2. The SMILES string of the molecule is COC(=O)C[C@H](O)c1cn(C)nc1C. The van der Waals surface area contributed by atoms with Gasteiger partial charge in [0.2, 0.25) is 0 Å². The Morgan fingerprint density at radius 2 is 2.43 bits per heavy atom. The molecule has 0 aliphatic heterocycles. The number of hydrogen-bond acceptors (Lipinski definition) is 4. The molecule has 0 aliphatic carbocycles. The first-order chi connectivity index (χ1) is 6.54. The normalized spacial score (nSPS) is 12.6. The van der Waals surface area contributed by atoms with Gasteiger partial charge in [-0.3, -0.25) is 9.48 Å². The first kappa shape index (κ1) is 10.7. The second-order valence-electron chi connectivity index (χ2n) is 3.14. The van der Waals surface area contributed by atoms with Crippen LogP contribution < -0.4 is 0 Å². The monoisotopic (exact) mass is 198 g/mol. The van der Waals surface area contributed by atoms with Crippen LogP contribution in [0.15, 0.2) is 6.20 Å². The molecule has 0 fully saturated rings. The van der Waals surface area contributed by atoms with E-state index in [2.05, 4.69) is 9.84 Å². The standard InChI is InChI=1S/C9H14N2O3/c1-6-7(5-11(2)10-6)8(12)4-9(13)14-3/h5,8,12H,4H2,1-3H3/t8-/m0/s1. The Balaban J connectivity index is 2.73. The highest BCUT2D eigenvalue weighted by Crippen LogP contribution is 2.19. The molecule has 0 bridgehead atoms. The summed E-state index contributed by atoms with van der Waals surface area (Å²) in [7, 11) is 3.06. The van der Waals surface area contributed by atoms with Crippen LogP contribution in [-0.4, -0.2) is 28.0 Å². The molecule has 0 amide bonds. The molecule has 0 aliphatic rings. The van der Waals surface area contributed by atoms with E-state index in [1.54, 1.807) is 24.9 Å². The highest BCUT2D eigenvalue weighted by molar-refractivity contribution is 5.70. The second kappa shape index (κ2) is 4.23. The summed E-state index contributed by atoms with van der Waals surface area (Å²) in [4.78, 5) is 10.9. The van der Waals surface area contributed by atoms with E-state index in [-0.39, 0.29) is 6.42 Å². The lowest BCUT2D eigenvalue weighted by Gasteiger charge is -2.07. The summed E-state index contributed by atoms with van der Waals surface area (Å²) in [6, 6.07) is 0. The van der Waals surface area contributed by atoms with Gasteiger partial charge in [-0.1, -0.05) is 0 Å². The molecule has 1 atom stereocenters. The van der Waals surface area contributed by atoms with Gasteiger partial charge >= 0.3 is 5.97 Å². The summed E-state index contributed by atoms with van der Waals surface area (Å²) < 4.78 is 6.07. The number of aromatic nitrogens is 2. The summed E-state index contributed by atoms with van der Waals surface area (Å²) in [6.45, 7) is 1.79. The Labute approximate surface area is 82.3 Å². The van der Waals surface area contributed by atoms with Gasteiger partial charge in [-0.15, -0.1) is 0 Å². The number of rotatable bonds is 3. The van der Waals surface area contributed by atoms with Crippen LogP contribution in [0.25, 0.3) is 0 Å². The van der Waals surface area contributed by atoms with Gasteiger partial charge in [-0.05, 0) is 6.92 Å². The third-order valence-electron chi connectivity index (χ3n) is 2.00. The fraction of sp³-hybridized carbons (Fsp3) is 0.556. The van der Waals surface area contributed by atoms with E-state index < -0.39 is 12.1 Å². The quantitative estimate of drug-likeness (QED) is 0.710. The summed E-state index contributed by atoms with van der Waals surface area (Å²) in [6.07, 6.45) is 0.822. The maximum atomic E-state index is 10.9. The largest absolute Gasteiger partial charge is 0.469 e. The summed E-state index contributed by atoms with van der Waals surface area (Å²) in [5, 5.41) is 13.7. The maximum Gasteiger partial charge on any atom is 0.308 e. The molecule has 5 nitrogen and oxygen atoms in total. The van der Waals surface area contributed by atoms with Crippen molar-refractivity contribution >= 4 is 5.97 Å². The Morgan fingerprint density at radius 3 is 2.86 bits per heavy atom. The van der Waals surface area contributed by atoms with Crippen LogP contribution in [0.5, 0.6) is 0 Å². The van der Waals surface area contributed by atoms with E-state index in [0.717, 1.165) is 5.69 Å². The summed E-state index contributed by atoms with van der Waals surface area (Å²) in [5.41, 5.74) is 1.39. The highest BCUT2D eigenvalue weighted by atomic mass is 16.5. The van der Waals surface area contributed by atoms with Gasteiger partial charge in [0.1, 0.15) is 0 Å². The predicted octanol–water partition coefficient (Wildman–Crippen LogP) is 0.325. The molecule has 1 aromatic heterocycles.